The van der Waals surface area contributed by atoms with Gasteiger partial charge in [-0.05, 0) is 142 Å². The Balaban J connectivity index is 1.16. The Morgan fingerprint density at radius 1 is 0.625 bits per heavy atom. The van der Waals surface area contributed by atoms with Crippen LogP contribution in [0.5, 0.6) is 0 Å². The van der Waals surface area contributed by atoms with Gasteiger partial charge in [0.25, 0.3) is 0 Å². The Kier molecular flexibility index (Phi) is 3.17. The molecule has 0 aromatic carbocycles. The fraction of sp³-hybridized carbons (Fsp3) is 1.00. The van der Waals surface area contributed by atoms with E-state index in [0.29, 0.717) is 0 Å². The Morgan fingerprint density at radius 2 is 1.00 bits per heavy atom. The van der Waals surface area contributed by atoms with Gasteiger partial charge in [-0.15, -0.1) is 0 Å². The Morgan fingerprint density at radius 3 is 1.42 bits per heavy atom. The van der Waals surface area contributed by atoms with Crippen molar-refractivity contribution in [2.24, 2.45) is 52.3 Å². The Labute approximate surface area is 149 Å². The van der Waals surface area contributed by atoms with E-state index in [4.69, 9.17) is 0 Å². The first-order valence-corrected chi connectivity index (χ1v) is 11.6. The maximum atomic E-state index is 2.69. The first-order chi connectivity index (χ1) is 11.6. The summed E-state index contributed by atoms with van der Waals surface area (Å²) in [6, 6.07) is 0. The summed E-state index contributed by atoms with van der Waals surface area (Å²) in [7, 11) is 0. The summed E-state index contributed by atoms with van der Waals surface area (Å²) >= 11 is 0. The molecule has 0 aromatic rings. The maximum absolute atomic E-state index is 2.69. The van der Waals surface area contributed by atoms with Crippen LogP contribution in [0, 0.1) is 52.3 Å². The van der Waals surface area contributed by atoms with Gasteiger partial charge in [-0.25, -0.2) is 0 Å². The number of rotatable bonds is 4. The first kappa shape index (κ1) is 15.1. The van der Waals surface area contributed by atoms with E-state index in [1.807, 2.05) is 0 Å². The largest absolute Gasteiger partial charge is 0.0620 e. The summed E-state index contributed by atoms with van der Waals surface area (Å²) in [5.74, 6) is 7.87. The van der Waals surface area contributed by atoms with Crippen LogP contribution in [0.4, 0.5) is 0 Å². The lowest BCUT2D eigenvalue weighted by Crippen LogP contribution is -2.50. The third-order valence-corrected chi connectivity index (χ3v) is 10.4. The summed E-state index contributed by atoms with van der Waals surface area (Å²) in [4.78, 5) is 0. The van der Waals surface area contributed by atoms with Crippen molar-refractivity contribution in [3.05, 3.63) is 0 Å². The molecule has 134 valence electrons. The first-order valence-electron chi connectivity index (χ1n) is 11.6. The molecule has 0 saturated heterocycles. The molecule has 24 heavy (non-hydrogen) atoms. The van der Waals surface area contributed by atoms with Gasteiger partial charge in [-0.1, -0.05) is 6.92 Å². The minimum Gasteiger partial charge on any atom is -0.0620 e. The van der Waals surface area contributed by atoms with Crippen LogP contribution in [0.25, 0.3) is 0 Å². The SMILES string of the molecule is CC(CCC12CC3CC(CC(C3)C1)C2)C12CC3CC(CC(C3)C1)C2. The second kappa shape index (κ2) is 5.04. The average molecular weight is 327 g/mol. The lowest BCUT2D eigenvalue weighted by molar-refractivity contribution is -0.0961. The average Bonchev–Trinajstić information content (AvgIpc) is 2.50. The van der Waals surface area contributed by atoms with Crippen molar-refractivity contribution in [1.82, 2.24) is 0 Å². The van der Waals surface area contributed by atoms with Crippen molar-refractivity contribution in [3.8, 4) is 0 Å². The van der Waals surface area contributed by atoms with Crippen molar-refractivity contribution in [2.45, 2.75) is 96.8 Å². The second-order valence-corrected chi connectivity index (χ2v) is 12.1. The van der Waals surface area contributed by atoms with Crippen LogP contribution in [-0.4, -0.2) is 0 Å². The summed E-state index contributed by atoms with van der Waals surface area (Å²) in [6.45, 7) is 2.69. The van der Waals surface area contributed by atoms with Gasteiger partial charge in [0.2, 0.25) is 0 Å². The Hall–Kier alpha value is 0. The maximum Gasteiger partial charge on any atom is -0.0264 e. The van der Waals surface area contributed by atoms with Gasteiger partial charge < -0.3 is 0 Å². The molecule has 8 aliphatic rings. The molecule has 8 bridgehead atoms. The van der Waals surface area contributed by atoms with Gasteiger partial charge in [-0.3, -0.25) is 0 Å². The van der Waals surface area contributed by atoms with Crippen LogP contribution < -0.4 is 0 Å². The highest BCUT2D eigenvalue weighted by Crippen LogP contribution is 2.65. The topological polar surface area (TPSA) is 0 Å². The van der Waals surface area contributed by atoms with Gasteiger partial charge in [-0.2, -0.15) is 0 Å². The highest BCUT2D eigenvalue weighted by molar-refractivity contribution is 5.05. The zero-order chi connectivity index (χ0) is 15.9. The zero-order valence-electron chi connectivity index (χ0n) is 15.9. The fourth-order valence-electron chi connectivity index (χ4n) is 10.2. The van der Waals surface area contributed by atoms with Crippen LogP contribution >= 0.6 is 0 Å². The van der Waals surface area contributed by atoms with Crippen LogP contribution in [0.15, 0.2) is 0 Å². The van der Waals surface area contributed by atoms with Crippen LogP contribution in [0.2, 0.25) is 0 Å². The van der Waals surface area contributed by atoms with Crippen molar-refractivity contribution in [2.75, 3.05) is 0 Å². The van der Waals surface area contributed by atoms with Crippen molar-refractivity contribution in [3.63, 3.8) is 0 Å². The summed E-state index contributed by atoms with van der Waals surface area (Å²) < 4.78 is 0. The second-order valence-electron chi connectivity index (χ2n) is 12.1. The molecule has 0 amide bonds. The van der Waals surface area contributed by atoms with E-state index in [2.05, 4.69) is 6.92 Å². The van der Waals surface area contributed by atoms with E-state index >= 15 is 0 Å². The molecule has 0 spiro atoms. The molecular formula is C24H38. The van der Waals surface area contributed by atoms with E-state index < -0.39 is 0 Å². The molecule has 0 radical (unpaired) electrons. The fourth-order valence-corrected chi connectivity index (χ4v) is 10.2. The highest BCUT2D eigenvalue weighted by Gasteiger charge is 2.54. The van der Waals surface area contributed by atoms with E-state index in [9.17, 15) is 0 Å². The minimum atomic E-state index is 0.803. The van der Waals surface area contributed by atoms with Gasteiger partial charge in [0.1, 0.15) is 0 Å². The summed E-state index contributed by atoms with van der Waals surface area (Å²) in [6.07, 6.45) is 22.6. The molecule has 1 unspecified atom stereocenters. The molecular weight excluding hydrogens is 288 g/mol. The number of hydrogen-bond acceptors (Lipinski definition) is 0. The zero-order valence-corrected chi connectivity index (χ0v) is 15.9. The number of hydrogen-bond donors (Lipinski definition) is 0. The molecule has 0 aliphatic heterocycles. The predicted octanol–water partition coefficient (Wildman–Crippen LogP) is 6.84. The smallest absolute Gasteiger partial charge is 0.0264 e. The lowest BCUT2D eigenvalue weighted by Gasteiger charge is -2.60. The molecule has 8 saturated carbocycles. The molecule has 0 heteroatoms. The van der Waals surface area contributed by atoms with E-state index in [1.54, 1.807) is 89.9 Å². The molecule has 0 aromatic heterocycles. The van der Waals surface area contributed by atoms with E-state index in [-0.39, 0.29) is 0 Å². The van der Waals surface area contributed by atoms with Gasteiger partial charge in [0, 0.05) is 0 Å². The van der Waals surface area contributed by atoms with E-state index in [0.717, 1.165) is 52.3 Å². The van der Waals surface area contributed by atoms with Crippen LogP contribution in [-0.2, 0) is 0 Å². The molecule has 1 atom stereocenters. The van der Waals surface area contributed by atoms with Crippen LogP contribution in [0.1, 0.15) is 96.8 Å². The summed E-state index contributed by atoms with van der Waals surface area (Å²) in [5.41, 5.74) is 1.63. The monoisotopic (exact) mass is 326 g/mol. The van der Waals surface area contributed by atoms with Crippen molar-refractivity contribution >= 4 is 0 Å². The third kappa shape index (κ3) is 2.23. The van der Waals surface area contributed by atoms with Crippen molar-refractivity contribution in [1.29, 1.82) is 0 Å². The highest BCUT2D eigenvalue weighted by atomic mass is 14.6. The molecule has 8 fully saturated rings. The van der Waals surface area contributed by atoms with Gasteiger partial charge in [0.15, 0.2) is 0 Å². The minimum absolute atomic E-state index is 0.803. The van der Waals surface area contributed by atoms with Gasteiger partial charge >= 0.3 is 0 Å². The normalized spacial score (nSPS) is 58.4. The standard InChI is InChI=1S/C24H38/c1-16(24-13-20-7-21(14-24)9-22(8-20)15-24)2-3-23-10-17-4-18(11-23)6-19(5-17)12-23/h16-22H,2-15H2,1H3. The molecule has 0 nitrogen and oxygen atoms in total. The van der Waals surface area contributed by atoms with Gasteiger partial charge in [0.05, 0.1) is 0 Å². The molecule has 8 aliphatic carbocycles. The quantitative estimate of drug-likeness (QED) is 0.531. The molecule has 8 rings (SSSR count). The van der Waals surface area contributed by atoms with Crippen LogP contribution in [0.3, 0.4) is 0 Å². The van der Waals surface area contributed by atoms with E-state index in [1.165, 1.54) is 0 Å². The Bertz CT molecular complexity index is 444. The lowest BCUT2D eigenvalue weighted by atomic mass is 9.45. The predicted molar refractivity (Wildman–Crippen MR) is 99.6 cm³/mol. The summed E-state index contributed by atoms with van der Waals surface area (Å²) in [5, 5.41) is 0. The molecule has 0 heterocycles. The van der Waals surface area contributed by atoms with Crippen molar-refractivity contribution < 1.29 is 0 Å². The third-order valence-electron chi connectivity index (χ3n) is 10.4. The molecule has 0 N–H and O–H groups in total.